The summed E-state index contributed by atoms with van der Waals surface area (Å²) in [5.74, 6) is -5.00. The van der Waals surface area contributed by atoms with Crippen LogP contribution in [0.5, 0.6) is 23.0 Å². The standard InChI is InChI=1S/C37H28F2O8/c1-5-34(40)45-32-15-7-23(19-33(32)46-35(41)6-2)8-18-36(42)44-30-16-13-26(20-28(30)38)24-9-11-25(12-10-24)27-14-17-31(29(39)21-27)47-37(43)22(3)4/h5-7,9-17,19-21H,1-3,8,18H2,4H3. The van der Waals surface area contributed by atoms with Crippen molar-refractivity contribution in [3.8, 4) is 45.3 Å². The first-order valence-corrected chi connectivity index (χ1v) is 14.1. The number of benzene rings is 4. The van der Waals surface area contributed by atoms with Crippen LogP contribution in [0.3, 0.4) is 0 Å². The molecule has 10 heteroatoms. The summed E-state index contributed by atoms with van der Waals surface area (Å²) in [6.45, 7) is 11.6. The Morgan fingerprint density at radius 2 is 1.09 bits per heavy atom. The lowest BCUT2D eigenvalue weighted by molar-refractivity contribution is -0.134. The topological polar surface area (TPSA) is 105 Å². The van der Waals surface area contributed by atoms with Gasteiger partial charge in [0.2, 0.25) is 0 Å². The van der Waals surface area contributed by atoms with E-state index in [9.17, 15) is 28.0 Å². The van der Waals surface area contributed by atoms with Crippen molar-refractivity contribution in [3.05, 3.63) is 134 Å². The molecule has 0 N–H and O–H groups in total. The SMILES string of the molecule is C=CC(=O)Oc1ccc(CCC(=O)Oc2ccc(-c3ccc(-c4ccc(OC(=O)C(=C)C)c(F)c4)cc3)cc2F)cc1OC(=O)C=C. The molecule has 0 aromatic heterocycles. The van der Waals surface area contributed by atoms with Gasteiger partial charge in [0.05, 0.1) is 0 Å². The Morgan fingerprint density at radius 1 is 0.617 bits per heavy atom. The van der Waals surface area contributed by atoms with Crippen LogP contribution in [-0.2, 0) is 25.6 Å². The molecule has 0 saturated carbocycles. The molecule has 0 aliphatic rings. The minimum absolute atomic E-state index is 0.0282. The van der Waals surface area contributed by atoms with Gasteiger partial charge in [-0.25, -0.2) is 23.2 Å². The quantitative estimate of drug-likeness (QED) is 0.0893. The van der Waals surface area contributed by atoms with E-state index < -0.39 is 35.5 Å². The summed E-state index contributed by atoms with van der Waals surface area (Å²) in [7, 11) is 0. The Morgan fingerprint density at radius 3 is 1.57 bits per heavy atom. The lowest BCUT2D eigenvalue weighted by Crippen LogP contribution is -2.11. The number of carbonyl (C=O) groups is 4. The van der Waals surface area contributed by atoms with Gasteiger partial charge in [0.25, 0.3) is 0 Å². The largest absolute Gasteiger partial charge is 0.423 e. The van der Waals surface area contributed by atoms with Gasteiger partial charge in [-0.2, -0.15) is 0 Å². The summed E-state index contributed by atoms with van der Waals surface area (Å²) in [4.78, 5) is 47.5. The second-order valence-electron chi connectivity index (χ2n) is 10.0. The van der Waals surface area contributed by atoms with Crippen LogP contribution in [0.25, 0.3) is 22.3 Å². The van der Waals surface area contributed by atoms with Crippen LogP contribution in [0.1, 0.15) is 18.9 Å². The van der Waals surface area contributed by atoms with Gasteiger partial charge >= 0.3 is 23.9 Å². The molecule has 0 spiro atoms. The fourth-order valence-corrected chi connectivity index (χ4v) is 4.16. The zero-order valence-corrected chi connectivity index (χ0v) is 25.2. The fourth-order valence-electron chi connectivity index (χ4n) is 4.16. The molecule has 4 rings (SSSR count). The van der Waals surface area contributed by atoms with E-state index in [0.29, 0.717) is 27.8 Å². The van der Waals surface area contributed by atoms with Crippen molar-refractivity contribution >= 4 is 23.9 Å². The van der Waals surface area contributed by atoms with Gasteiger partial charge in [-0.15, -0.1) is 0 Å². The molecule has 0 radical (unpaired) electrons. The van der Waals surface area contributed by atoms with Crippen LogP contribution in [0.15, 0.2) is 116 Å². The average Bonchev–Trinajstić information content (AvgIpc) is 3.06. The minimum atomic E-state index is -0.780. The molecule has 0 aliphatic heterocycles. The van der Waals surface area contributed by atoms with Crippen LogP contribution < -0.4 is 18.9 Å². The Bertz CT molecular complexity index is 1890. The number of rotatable bonds is 12. The minimum Gasteiger partial charge on any atom is -0.423 e. The number of esters is 4. The smallest absolute Gasteiger partial charge is 0.338 e. The molecule has 0 heterocycles. The maximum absolute atomic E-state index is 14.9. The van der Waals surface area contributed by atoms with Gasteiger partial charge in [-0.1, -0.05) is 62.2 Å². The van der Waals surface area contributed by atoms with Crippen LogP contribution in [0.4, 0.5) is 8.78 Å². The summed E-state index contributed by atoms with van der Waals surface area (Å²) in [5.41, 5.74) is 3.09. The summed E-state index contributed by atoms with van der Waals surface area (Å²) in [6, 6.07) is 19.7. The monoisotopic (exact) mass is 638 g/mol. The highest BCUT2D eigenvalue weighted by Crippen LogP contribution is 2.32. The van der Waals surface area contributed by atoms with Gasteiger partial charge in [0.1, 0.15) is 0 Å². The maximum Gasteiger partial charge on any atom is 0.338 e. The molecule has 4 aromatic carbocycles. The highest BCUT2D eigenvalue weighted by Gasteiger charge is 2.16. The van der Waals surface area contributed by atoms with E-state index in [1.165, 1.54) is 43.3 Å². The van der Waals surface area contributed by atoms with E-state index in [2.05, 4.69) is 19.7 Å². The Balaban J connectivity index is 1.39. The molecule has 238 valence electrons. The molecule has 47 heavy (non-hydrogen) atoms. The van der Waals surface area contributed by atoms with E-state index in [1.807, 2.05) is 0 Å². The first-order valence-electron chi connectivity index (χ1n) is 14.1. The average molecular weight is 639 g/mol. The molecule has 0 saturated heterocycles. The van der Waals surface area contributed by atoms with Crippen LogP contribution in [-0.4, -0.2) is 23.9 Å². The van der Waals surface area contributed by atoms with E-state index in [4.69, 9.17) is 18.9 Å². The Labute approximate surface area is 269 Å². The van der Waals surface area contributed by atoms with E-state index in [1.54, 1.807) is 42.5 Å². The first kappa shape index (κ1) is 33.7. The van der Waals surface area contributed by atoms with Crippen LogP contribution in [0.2, 0.25) is 0 Å². The Hall–Kier alpha value is -6.16. The maximum atomic E-state index is 14.9. The highest BCUT2D eigenvalue weighted by molar-refractivity contribution is 5.89. The summed E-state index contributed by atoms with van der Waals surface area (Å²) >= 11 is 0. The van der Waals surface area contributed by atoms with Crippen LogP contribution in [0, 0.1) is 11.6 Å². The summed E-state index contributed by atoms with van der Waals surface area (Å²) in [5, 5.41) is 0. The zero-order valence-electron chi connectivity index (χ0n) is 25.2. The van der Waals surface area contributed by atoms with Gasteiger partial charge < -0.3 is 18.9 Å². The molecule has 8 nitrogen and oxygen atoms in total. The number of aryl methyl sites for hydroxylation is 1. The Kier molecular flexibility index (Phi) is 10.9. The van der Waals surface area contributed by atoms with Gasteiger partial charge in [0.15, 0.2) is 34.6 Å². The predicted octanol–water partition coefficient (Wildman–Crippen LogP) is 7.50. The van der Waals surface area contributed by atoms with E-state index in [0.717, 1.165) is 12.2 Å². The van der Waals surface area contributed by atoms with Crippen molar-refractivity contribution in [2.75, 3.05) is 0 Å². The normalized spacial score (nSPS) is 10.4. The number of hydrogen-bond acceptors (Lipinski definition) is 8. The van der Waals surface area contributed by atoms with Crippen molar-refractivity contribution in [2.45, 2.75) is 19.8 Å². The van der Waals surface area contributed by atoms with Crippen molar-refractivity contribution in [1.29, 1.82) is 0 Å². The summed E-state index contributed by atoms with van der Waals surface area (Å²) in [6.07, 6.45) is 1.89. The number of carbonyl (C=O) groups excluding carboxylic acids is 4. The van der Waals surface area contributed by atoms with E-state index >= 15 is 0 Å². The molecule has 0 amide bonds. The number of halogens is 2. The number of hydrogen-bond donors (Lipinski definition) is 0. The van der Waals surface area contributed by atoms with E-state index in [-0.39, 0.29) is 41.4 Å². The third-order valence-electron chi connectivity index (χ3n) is 6.57. The predicted molar refractivity (Wildman–Crippen MR) is 170 cm³/mol. The van der Waals surface area contributed by atoms with Gasteiger partial charge in [-0.3, -0.25) is 4.79 Å². The van der Waals surface area contributed by atoms with Crippen molar-refractivity contribution in [2.24, 2.45) is 0 Å². The molecular weight excluding hydrogens is 610 g/mol. The molecule has 4 aromatic rings. The molecular formula is C37H28F2O8. The fraction of sp³-hybridized carbons (Fsp3) is 0.0811. The van der Waals surface area contributed by atoms with Crippen molar-refractivity contribution in [3.63, 3.8) is 0 Å². The van der Waals surface area contributed by atoms with Gasteiger partial charge in [-0.05, 0) is 77.6 Å². The third kappa shape index (κ3) is 8.95. The molecule has 0 atom stereocenters. The third-order valence-corrected chi connectivity index (χ3v) is 6.57. The lowest BCUT2D eigenvalue weighted by atomic mass is 10.00. The van der Waals surface area contributed by atoms with Crippen molar-refractivity contribution in [1.82, 2.24) is 0 Å². The second kappa shape index (κ2) is 15.2. The van der Waals surface area contributed by atoms with Crippen LogP contribution >= 0.6 is 0 Å². The molecule has 0 aliphatic carbocycles. The second-order valence-corrected chi connectivity index (χ2v) is 10.0. The molecule has 0 bridgehead atoms. The molecule has 0 fully saturated rings. The number of ether oxygens (including phenoxy) is 4. The first-order chi connectivity index (χ1) is 22.5. The molecule has 0 unspecified atom stereocenters. The van der Waals surface area contributed by atoms with Gasteiger partial charge in [0, 0.05) is 24.1 Å². The highest BCUT2D eigenvalue weighted by atomic mass is 19.1. The summed E-state index contributed by atoms with van der Waals surface area (Å²) < 4.78 is 49.9. The van der Waals surface area contributed by atoms with Crippen molar-refractivity contribution < 1.29 is 46.9 Å². The zero-order chi connectivity index (χ0) is 34.1. The lowest BCUT2D eigenvalue weighted by Gasteiger charge is -2.11.